The number of hydrogen-bond acceptors (Lipinski definition) is 6. The predicted molar refractivity (Wildman–Crippen MR) is 311 cm³/mol. The van der Waals surface area contributed by atoms with Crippen molar-refractivity contribution in [3.05, 3.63) is 48.6 Å². The number of rotatable bonds is 57. The fraction of sp³-hybridized carbons (Fsp3) is 0.857. The number of aliphatic hydroxyl groups is 1. The van der Waals surface area contributed by atoms with Crippen LogP contribution in [0.1, 0.15) is 296 Å². The zero-order valence-electron chi connectivity index (χ0n) is 48.4. The van der Waals surface area contributed by atoms with Crippen molar-refractivity contribution in [3.63, 3.8) is 0 Å². The quantitative estimate of drug-likeness (QED) is 0.0272. The first-order valence-electron chi connectivity index (χ1n) is 31.0. The summed E-state index contributed by atoms with van der Waals surface area (Å²) in [7, 11) is 1.25. The summed E-state index contributed by atoms with van der Waals surface area (Å²) in [5.41, 5.74) is 0. The summed E-state index contributed by atoms with van der Waals surface area (Å²) in [6.45, 7) is 4.66. The lowest BCUT2D eigenvalue weighted by atomic mass is 10.0. The molecule has 0 radical (unpaired) electrons. The number of carbonyl (C=O) groups excluding carboxylic acids is 1. The van der Waals surface area contributed by atoms with Crippen LogP contribution in [0.15, 0.2) is 48.6 Å². The van der Waals surface area contributed by atoms with E-state index in [1.165, 1.54) is 231 Å². The summed E-state index contributed by atoms with van der Waals surface area (Å²) in [5, 5.41) is 13.9. The zero-order chi connectivity index (χ0) is 52.7. The number of nitrogens with one attached hydrogen (secondary N) is 1. The van der Waals surface area contributed by atoms with Gasteiger partial charge in [-0.1, -0.05) is 274 Å². The van der Waals surface area contributed by atoms with Gasteiger partial charge in [0.2, 0.25) is 5.91 Å². The molecule has 0 aliphatic rings. The summed E-state index contributed by atoms with van der Waals surface area (Å²) in [5.74, 6) is -0.207. The third-order valence-corrected chi connectivity index (χ3v) is 15.0. The molecular weight excluding hydrogens is 912 g/mol. The Morgan fingerprint density at radius 1 is 0.486 bits per heavy atom. The minimum Gasteiger partial charge on any atom is -0.756 e. The average Bonchev–Trinajstić information content (AvgIpc) is 3.34. The molecule has 0 saturated carbocycles. The maximum absolute atomic E-state index is 13.0. The van der Waals surface area contributed by atoms with Crippen LogP contribution in [-0.4, -0.2) is 68.5 Å². The molecule has 3 atom stereocenters. The number of hydrogen-bond donors (Lipinski definition) is 2. The number of aliphatic hydroxyl groups excluding tert-OH is 1. The molecular formula is C63H121N2O6P. The smallest absolute Gasteiger partial charge is 0.268 e. The van der Waals surface area contributed by atoms with Crippen LogP contribution in [-0.2, 0) is 18.4 Å². The van der Waals surface area contributed by atoms with Crippen molar-refractivity contribution in [1.29, 1.82) is 0 Å². The molecule has 0 aliphatic carbocycles. The molecule has 9 heteroatoms. The zero-order valence-corrected chi connectivity index (χ0v) is 49.3. The van der Waals surface area contributed by atoms with Gasteiger partial charge >= 0.3 is 0 Å². The fourth-order valence-electron chi connectivity index (χ4n) is 9.14. The summed E-state index contributed by atoms with van der Waals surface area (Å²) < 4.78 is 23.4. The Kier molecular flexibility index (Phi) is 53.1. The Bertz CT molecular complexity index is 1310. The van der Waals surface area contributed by atoms with Crippen LogP contribution in [0.5, 0.6) is 0 Å². The predicted octanol–water partition coefficient (Wildman–Crippen LogP) is 18.5. The highest BCUT2D eigenvalue weighted by Crippen LogP contribution is 2.38. The number of unbranched alkanes of at least 4 members (excludes halogenated alkanes) is 38. The molecule has 424 valence electrons. The van der Waals surface area contributed by atoms with Gasteiger partial charge in [0.15, 0.2) is 0 Å². The van der Waals surface area contributed by atoms with Crippen molar-refractivity contribution in [2.75, 3.05) is 40.9 Å². The van der Waals surface area contributed by atoms with E-state index in [1.807, 2.05) is 27.2 Å². The highest BCUT2D eigenvalue weighted by Gasteiger charge is 2.23. The molecule has 0 spiro atoms. The molecule has 0 saturated heterocycles. The molecule has 0 fully saturated rings. The maximum atomic E-state index is 13.0. The maximum Gasteiger partial charge on any atom is 0.268 e. The van der Waals surface area contributed by atoms with E-state index in [9.17, 15) is 19.4 Å². The normalized spacial score (nSPS) is 14.2. The van der Waals surface area contributed by atoms with Crippen molar-refractivity contribution >= 4 is 13.7 Å². The first-order chi connectivity index (χ1) is 35.0. The topological polar surface area (TPSA) is 108 Å². The highest BCUT2D eigenvalue weighted by molar-refractivity contribution is 7.45. The SMILES string of the molecule is CCCCCCCCCCC/C=C\C/C=C\CCCCCCCCCCCCCC(=O)NC(COP(=O)([O-])OCC[N+](C)(C)C)C(O)/C=C/CC/C=C/CCCCCCCCCCCCCCCCCCC. The van der Waals surface area contributed by atoms with Crippen molar-refractivity contribution in [1.82, 2.24) is 5.32 Å². The number of allylic oxidation sites excluding steroid dienone is 7. The minimum atomic E-state index is -4.61. The van der Waals surface area contributed by atoms with Gasteiger partial charge in [-0.25, -0.2) is 0 Å². The molecule has 8 nitrogen and oxygen atoms in total. The molecule has 0 aliphatic heterocycles. The van der Waals surface area contributed by atoms with Crippen LogP contribution in [0, 0.1) is 0 Å². The molecule has 0 aromatic heterocycles. The standard InChI is InChI=1S/C63H121N2O6P/c1-6-8-10-12-14-16-18-20-22-24-26-28-30-31-32-33-35-37-39-41-43-45-47-49-51-53-55-57-63(67)64-61(60-71-72(68,69)70-59-58-65(3,4)5)62(66)56-54-52-50-48-46-44-42-40-38-36-34-29-27-25-23-21-19-17-15-13-11-9-7-2/h26,28,31-32,46,48,54,56,61-62,66H,6-25,27,29-30,33-45,47,49-53,55,57-60H2,1-5H3,(H-,64,67,68,69)/b28-26-,32-31-,48-46+,56-54+. The van der Waals surface area contributed by atoms with Crippen molar-refractivity contribution in [3.8, 4) is 0 Å². The average molecular weight is 1030 g/mol. The third kappa shape index (κ3) is 56.2. The summed E-state index contributed by atoms with van der Waals surface area (Å²) in [6.07, 6.45) is 72.0. The van der Waals surface area contributed by atoms with Gasteiger partial charge in [-0.2, -0.15) is 0 Å². The Hall–Kier alpha value is -1.54. The fourth-order valence-corrected chi connectivity index (χ4v) is 9.87. The lowest BCUT2D eigenvalue weighted by Crippen LogP contribution is -2.45. The molecule has 3 unspecified atom stereocenters. The second kappa shape index (κ2) is 54.3. The molecule has 0 rings (SSSR count). The van der Waals surface area contributed by atoms with Crippen LogP contribution in [0.2, 0.25) is 0 Å². The van der Waals surface area contributed by atoms with E-state index in [0.29, 0.717) is 17.4 Å². The molecule has 0 bridgehead atoms. The van der Waals surface area contributed by atoms with Crippen LogP contribution in [0.25, 0.3) is 0 Å². The van der Waals surface area contributed by atoms with Gasteiger partial charge in [0.25, 0.3) is 7.82 Å². The Morgan fingerprint density at radius 2 is 0.819 bits per heavy atom. The lowest BCUT2D eigenvalue weighted by Gasteiger charge is -2.29. The molecule has 1 amide bonds. The van der Waals surface area contributed by atoms with Crippen molar-refractivity contribution in [2.24, 2.45) is 0 Å². The van der Waals surface area contributed by atoms with Gasteiger partial charge in [0.1, 0.15) is 13.2 Å². The number of phosphoric ester groups is 1. The van der Waals surface area contributed by atoms with Gasteiger partial charge in [-0.05, 0) is 64.2 Å². The van der Waals surface area contributed by atoms with Crippen LogP contribution >= 0.6 is 7.82 Å². The van der Waals surface area contributed by atoms with Gasteiger partial charge < -0.3 is 28.8 Å². The van der Waals surface area contributed by atoms with Gasteiger partial charge in [-0.3, -0.25) is 9.36 Å². The lowest BCUT2D eigenvalue weighted by molar-refractivity contribution is -0.870. The van der Waals surface area contributed by atoms with Gasteiger partial charge in [0, 0.05) is 6.42 Å². The van der Waals surface area contributed by atoms with Crippen molar-refractivity contribution in [2.45, 2.75) is 309 Å². The second-order valence-corrected chi connectivity index (χ2v) is 23.8. The molecule has 72 heavy (non-hydrogen) atoms. The van der Waals surface area contributed by atoms with Gasteiger partial charge in [-0.15, -0.1) is 0 Å². The Labute approximate surface area is 448 Å². The molecule has 2 N–H and O–H groups in total. The molecule has 0 aromatic carbocycles. The largest absolute Gasteiger partial charge is 0.756 e. The minimum absolute atomic E-state index is 0.00707. The molecule has 0 aromatic rings. The van der Waals surface area contributed by atoms with E-state index >= 15 is 0 Å². The summed E-state index contributed by atoms with van der Waals surface area (Å²) in [6, 6.07) is -0.906. The number of likely N-dealkylation sites (N-methyl/N-ethyl adjacent to an activating group) is 1. The summed E-state index contributed by atoms with van der Waals surface area (Å²) >= 11 is 0. The third-order valence-electron chi connectivity index (χ3n) is 14.0. The summed E-state index contributed by atoms with van der Waals surface area (Å²) in [4.78, 5) is 25.5. The highest BCUT2D eigenvalue weighted by atomic mass is 31.2. The van der Waals surface area contributed by atoms with Crippen molar-refractivity contribution < 1.29 is 32.9 Å². The number of nitrogens with zero attached hydrogens (tertiary/aromatic N) is 1. The van der Waals surface area contributed by atoms with E-state index in [2.05, 4.69) is 55.6 Å². The second-order valence-electron chi connectivity index (χ2n) is 22.4. The number of quaternary nitrogens is 1. The van der Waals surface area contributed by atoms with Crippen LogP contribution in [0.4, 0.5) is 0 Å². The molecule has 0 heterocycles. The van der Waals surface area contributed by atoms with Gasteiger partial charge in [0.05, 0.1) is 39.9 Å². The number of carbonyl (C=O) groups is 1. The Morgan fingerprint density at radius 3 is 1.21 bits per heavy atom. The number of amides is 1. The van der Waals surface area contributed by atoms with E-state index in [0.717, 1.165) is 44.9 Å². The first-order valence-corrected chi connectivity index (χ1v) is 32.5. The first kappa shape index (κ1) is 70.5. The monoisotopic (exact) mass is 1030 g/mol. The number of phosphoric acid groups is 1. The van der Waals surface area contributed by atoms with Crippen LogP contribution < -0.4 is 10.2 Å². The van der Waals surface area contributed by atoms with Crippen LogP contribution in [0.3, 0.4) is 0 Å². The van der Waals surface area contributed by atoms with E-state index in [4.69, 9.17) is 9.05 Å². The van der Waals surface area contributed by atoms with E-state index in [1.54, 1.807) is 6.08 Å². The Balaban J connectivity index is 4.20. The van der Waals surface area contributed by atoms with E-state index in [-0.39, 0.29) is 12.5 Å². The van der Waals surface area contributed by atoms with E-state index < -0.39 is 26.6 Å².